The van der Waals surface area contributed by atoms with E-state index < -0.39 is 0 Å². The number of likely N-dealkylation sites (N-methyl/N-ethyl adjacent to an activating group) is 1. The third-order valence-corrected chi connectivity index (χ3v) is 3.65. The summed E-state index contributed by atoms with van der Waals surface area (Å²) in [6.45, 7) is 0.419. The van der Waals surface area contributed by atoms with Crippen molar-refractivity contribution in [1.82, 2.24) is 5.01 Å². The summed E-state index contributed by atoms with van der Waals surface area (Å²) in [6.07, 6.45) is 0. The lowest BCUT2D eigenvalue weighted by Gasteiger charge is -2.12. The number of hydrazine groups is 1. The molecular formula is C16H15ClN4. The number of nitrogens with zero attached hydrogens (tertiary/aromatic N) is 3. The molecule has 0 aliphatic carbocycles. The van der Waals surface area contributed by atoms with Gasteiger partial charge in [0.25, 0.3) is 0 Å². The Morgan fingerprint density at radius 2 is 1.71 bits per heavy atom. The molecule has 0 radical (unpaired) electrons. The molecule has 21 heavy (non-hydrogen) atoms. The number of hydrogen-bond acceptors (Lipinski definition) is 4. The molecule has 2 aromatic carbocycles. The summed E-state index contributed by atoms with van der Waals surface area (Å²) in [5, 5.41) is 2.17. The molecule has 5 heteroatoms. The van der Waals surface area contributed by atoms with Crippen LogP contribution in [-0.2, 0) is 0 Å². The van der Waals surface area contributed by atoms with Gasteiger partial charge in [-0.3, -0.25) is 10.0 Å². The average Bonchev–Trinajstić information content (AvgIpc) is 2.67. The van der Waals surface area contributed by atoms with E-state index in [1.807, 2.05) is 48.5 Å². The van der Waals surface area contributed by atoms with E-state index in [4.69, 9.17) is 17.4 Å². The first kappa shape index (κ1) is 13.8. The molecule has 0 fully saturated rings. The molecule has 2 aromatic rings. The Morgan fingerprint density at radius 3 is 2.43 bits per heavy atom. The maximum atomic E-state index is 6.32. The Labute approximate surface area is 128 Å². The van der Waals surface area contributed by atoms with E-state index >= 15 is 0 Å². The molecule has 0 unspecified atom stereocenters. The predicted molar refractivity (Wildman–Crippen MR) is 87.4 cm³/mol. The maximum absolute atomic E-state index is 6.32. The lowest BCUT2D eigenvalue weighted by molar-refractivity contribution is 0.531. The molecule has 4 nitrogen and oxygen atoms in total. The summed E-state index contributed by atoms with van der Waals surface area (Å²) >= 11 is 6.32. The molecule has 0 aromatic heterocycles. The summed E-state index contributed by atoms with van der Waals surface area (Å²) in [6, 6.07) is 15.6. The predicted octanol–water partition coefficient (Wildman–Crippen LogP) is 3.03. The fourth-order valence-electron chi connectivity index (χ4n) is 2.25. The molecule has 1 aliphatic rings. The quantitative estimate of drug-likeness (QED) is 0.650. The topological polar surface area (TPSA) is 54.0 Å². The number of halogens is 1. The van der Waals surface area contributed by atoms with E-state index in [-0.39, 0.29) is 0 Å². The fraction of sp³-hybridized carbons (Fsp3) is 0.125. The summed E-state index contributed by atoms with van der Waals surface area (Å²) in [5.41, 5.74) is 3.56. The second kappa shape index (κ2) is 5.68. The normalized spacial score (nSPS) is 13.9. The molecule has 0 saturated heterocycles. The van der Waals surface area contributed by atoms with Gasteiger partial charge in [0.05, 0.1) is 17.9 Å². The standard InChI is InChI=1S/C16H15ClN4/c1-21(18)15-10-19-16(11-6-2-4-8-13(11)17)12-7-3-5-9-14(12)20-15/h2-9H,10,18H2,1H3. The Balaban J connectivity index is 2.19. The zero-order valence-corrected chi connectivity index (χ0v) is 12.4. The molecule has 3 rings (SSSR count). The fourth-order valence-corrected chi connectivity index (χ4v) is 2.48. The van der Waals surface area contributed by atoms with E-state index in [0.29, 0.717) is 17.4 Å². The molecule has 0 amide bonds. The van der Waals surface area contributed by atoms with Crippen LogP contribution in [0.15, 0.2) is 58.5 Å². The SMILES string of the molecule is CN(N)C1=Nc2ccccc2C(c2ccccc2Cl)=NC1. The summed E-state index contributed by atoms with van der Waals surface area (Å²) in [5.74, 6) is 6.53. The van der Waals surface area contributed by atoms with Gasteiger partial charge in [-0.05, 0) is 12.1 Å². The molecule has 2 N–H and O–H groups in total. The van der Waals surface area contributed by atoms with E-state index in [1.54, 1.807) is 7.05 Å². The maximum Gasteiger partial charge on any atom is 0.140 e. The van der Waals surface area contributed by atoms with Gasteiger partial charge in [0, 0.05) is 23.2 Å². The number of aliphatic imine (C=N–C) groups is 2. The minimum Gasteiger partial charge on any atom is -0.300 e. The van der Waals surface area contributed by atoms with Gasteiger partial charge in [-0.25, -0.2) is 10.8 Å². The van der Waals surface area contributed by atoms with Crippen LogP contribution in [0.25, 0.3) is 0 Å². The molecule has 1 heterocycles. The van der Waals surface area contributed by atoms with Gasteiger partial charge in [0.15, 0.2) is 0 Å². The van der Waals surface area contributed by atoms with Gasteiger partial charge in [-0.1, -0.05) is 48.0 Å². The molecule has 0 spiro atoms. The summed E-state index contributed by atoms with van der Waals surface area (Å²) < 4.78 is 0. The molecule has 0 bridgehead atoms. The van der Waals surface area contributed by atoms with Gasteiger partial charge < -0.3 is 0 Å². The Kier molecular flexibility index (Phi) is 3.73. The number of para-hydroxylation sites is 1. The number of fused-ring (bicyclic) bond motifs is 1. The number of rotatable bonds is 1. The van der Waals surface area contributed by atoms with E-state index in [1.165, 1.54) is 5.01 Å². The second-order valence-corrected chi connectivity index (χ2v) is 5.21. The minimum atomic E-state index is 0.419. The van der Waals surface area contributed by atoms with Crippen LogP contribution in [0.1, 0.15) is 11.1 Å². The lowest BCUT2D eigenvalue weighted by Crippen LogP contribution is -2.34. The number of benzene rings is 2. The van der Waals surface area contributed by atoms with Crippen LogP contribution in [0, 0.1) is 0 Å². The van der Waals surface area contributed by atoms with Crippen molar-refractivity contribution in [3.8, 4) is 0 Å². The average molecular weight is 299 g/mol. The molecule has 0 saturated carbocycles. The van der Waals surface area contributed by atoms with Gasteiger partial charge in [0.1, 0.15) is 5.84 Å². The van der Waals surface area contributed by atoms with Crippen LogP contribution in [-0.4, -0.2) is 30.1 Å². The highest BCUT2D eigenvalue weighted by Crippen LogP contribution is 2.28. The van der Waals surface area contributed by atoms with Crippen LogP contribution < -0.4 is 5.84 Å². The van der Waals surface area contributed by atoms with Crippen molar-refractivity contribution >= 4 is 28.8 Å². The van der Waals surface area contributed by atoms with Crippen LogP contribution in [0.2, 0.25) is 5.02 Å². The molecule has 0 atom stereocenters. The third kappa shape index (κ3) is 2.68. The summed E-state index contributed by atoms with van der Waals surface area (Å²) in [4.78, 5) is 9.28. The van der Waals surface area contributed by atoms with Gasteiger partial charge in [-0.15, -0.1) is 0 Å². The molecule has 106 valence electrons. The number of nitrogens with two attached hydrogens (primary N) is 1. The van der Waals surface area contributed by atoms with Crippen molar-refractivity contribution in [1.29, 1.82) is 0 Å². The van der Waals surface area contributed by atoms with Crippen LogP contribution >= 0.6 is 11.6 Å². The molecule has 1 aliphatic heterocycles. The molecular weight excluding hydrogens is 284 g/mol. The van der Waals surface area contributed by atoms with Crippen molar-refractivity contribution in [2.24, 2.45) is 15.8 Å². The minimum absolute atomic E-state index is 0.419. The van der Waals surface area contributed by atoms with Crippen molar-refractivity contribution in [2.45, 2.75) is 0 Å². The van der Waals surface area contributed by atoms with Crippen LogP contribution in [0.4, 0.5) is 5.69 Å². The smallest absolute Gasteiger partial charge is 0.140 e. The van der Waals surface area contributed by atoms with Crippen LogP contribution in [0.5, 0.6) is 0 Å². The Morgan fingerprint density at radius 1 is 1.05 bits per heavy atom. The number of hydrogen-bond donors (Lipinski definition) is 1. The largest absolute Gasteiger partial charge is 0.300 e. The Bertz CT molecular complexity index is 735. The second-order valence-electron chi connectivity index (χ2n) is 4.80. The Hall–Kier alpha value is -2.17. The lowest BCUT2D eigenvalue weighted by atomic mass is 10.0. The van der Waals surface area contributed by atoms with Crippen molar-refractivity contribution in [3.63, 3.8) is 0 Å². The highest BCUT2D eigenvalue weighted by molar-refractivity contribution is 6.36. The third-order valence-electron chi connectivity index (χ3n) is 3.32. The zero-order valence-electron chi connectivity index (χ0n) is 11.6. The first-order valence-electron chi connectivity index (χ1n) is 6.61. The zero-order chi connectivity index (χ0) is 14.8. The monoisotopic (exact) mass is 298 g/mol. The van der Waals surface area contributed by atoms with Gasteiger partial charge >= 0.3 is 0 Å². The van der Waals surface area contributed by atoms with Crippen LogP contribution in [0.3, 0.4) is 0 Å². The highest BCUT2D eigenvalue weighted by atomic mass is 35.5. The van der Waals surface area contributed by atoms with Gasteiger partial charge in [0.2, 0.25) is 0 Å². The number of amidine groups is 1. The first-order valence-corrected chi connectivity index (χ1v) is 6.99. The summed E-state index contributed by atoms with van der Waals surface area (Å²) in [7, 11) is 1.76. The van der Waals surface area contributed by atoms with Crippen molar-refractivity contribution in [3.05, 3.63) is 64.7 Å². The van der Waals surface area contributed by atoms with E-state index in [9.17, 15) is 0 Å². The van der Waals surface area contributed by atoms with Gasteiger partial charge in [-0.2, -0.15) is 0 Å². The highest BCUT2D eigenvalue weighted by Gasteiger charge is 2.18. The van der Waals surface area contributed by atoms with E-state index in [0.717, 1.165) is 22.5 Å². The van der Waals surface area contributed by atoms with E-state index in [2.05, 4.69) is 9.98 Å². The first-order chi connectivity index (χ1) is 10.2. The van der Waals surface area contributed by atoms with Crippen molar-refractivity contribution < 1.29 is 0 Å². The van der Waals surface area contributed by atoms with Crippen molar-refractivity contribution in [2.75, 3.05) is 13.6 Å².